The zero-order valence-corrected chi connectivity index (χ0v) is 18.6. The minimum atomic E-state index is -0.196. The first-order valence-corrected chi connectivity index (χ1v) is 11.6. The zero-order valence-electron chi connectivity index (χ0n) is 18.6. The molecule has 3 atom stereocenters. The fourth-order valence-electron chi connectivity index (χ4n) is 6.63. The molecule has 1 saturated heterocycles. The number of esters is 1. The average molecular weight is 425 g/mol. The van der Waals surface area contributed by atoms with E-state index in [4.69, 9.17) is 4.74 Å². The monoisotopic (exact) mass is 424 g/mol. The van der Waals surface area contributed by atoms with Crippen molar-refractivity contribution in [1.29, 1.82) is 0 Å². The number of nitrogens with zero attached hydrogens (tertiary/aromatic N) is 1. The van der Waals surface area contributed by atoms with Gasteiger partial charge in [-0.15, -0.1) is 0 Å². The highest BCUT2D eigenvalue weighted by atomic mass is 16.5. The molecule has 1 spiro atoms. The number of fused-ring (bicyclic) bond motifs is 2. The second-order valence-electron chi connectivity index (χ2n) is 9.27. The first-order valence-electron chi connectivity index (χ1n) is 11.6. The Bertz CT molecular complexity index is 1260. The molecular formula is C28H28N2O2. The van der Waals surface area contributed by atoms with Crippen LogP contribution in [0.25, 0.3) is 10.8 Å². The molecule has 0 bridgehead atoms. The lowest BCUT2D eigenvalue weighted by Crippen LogP contribution is -2.47. The van der Waals surface area contributed by atoms with E-state index >= 15 is 0 Å². The van der Waals surface area contributed by atoms with Gasteiger partial charge in [0.15, 0.2) is 0 Å². The Kier molecular flexibility index (Phi) is 4.41. The number of methoxy groups -OCH3 is 1. The maximum absolute atomic E-state index is 12.7. The number of hydrogen-bond donors (Lipinski definition) is 1. The van der Waals surface area contributed by atoms with Gasteiger partial charge in [0.2, 0.25) is 0 Å². The van der Waals surface area contributed by atoms with E-state index in [0.717, 1.165) is 42.8 Å². The Balaban J connectivity index is 1.47. The molecule has 1 aliphatic carbocycles. The molecule has 32 heavy (non-hydrogen) atoms. The number of carbonyl (C=O) groups is 1. The van der Waals surface area contributed by atoms with Gasteiger partial charge in [-0.2, -0.15) is 0 Å². The Labute approximate surface area is 188 Å². The van der Waals surface area contributed by atoms with Gasteiger partial charge in [0.25, 0.3) is 0 Å². The highest BCUT2D eigenvalue weighted by molar-refractivity contribution is 5.93. The van der Waals surface area contributed by atoms with Gasteiger partial charge in [-0.3, -0.25) is 4.90 Å². The number of likely N-dealkylation sites (tertiary alicyclic amines) is 1. The van der Waals surface area contributed by atoms with Crippen LogP contribution in [-0.2, 0) is 14.9 Å². The maximum Gasteiger partial charge on any atom is 0.335 e. The number of hydrogen-bond acceptors (Lipinski definition) is 4. The molecule has 0 amide bonds. The summed E-state index contributed by atoms with van der Waals surface area (Å²) in [5, 5.41) is 6.26. The fourth-order valence-corrected chi connectivity index (χ4v) is 6.63. The zero-order chi connectivity index (χ0) is 21.9. The van der Waals surface area contributed by atoms with Crippen LogP contribution in [0.15, 0.2) is 78.0 Å². The maximum atomic E-state index is 12.7. The molecule has 0 saturated carbocycles. The molecule has 3 aromatic rings. The van der Waals surface area contributed by atoms with E-state index in [1.54, 1.807) is 0 Å². The molecule has 0 aromatic heterocycles. The standard InChI is InChI=1S/C28H28N2O2/c1-18(20-11-7-9-19-8-3-4-10-21(19)20)30-17-16-28-23-12-5-6-13-24(23)29-26(28)22(27(31)32-2)14-15-25(28)30/h3-13,18,25,29H,14-17H2,1-2H3/t18-,25-,28+/m0/s1. The van der Waals surface area contributed by atoms with Crippen LogP contribution in [0, 0.1) is 0 Å². The van der Waals surface area contributed by atoms with Crippen LogP contribution in [0.1, 0.15) is 43.4 Å². The van der Waals surface area contributed by atoms with Crippen LogP contribution in [0.4, 0.5) is 5.69 Å². The second-order valence-corrected chi connectivity index (χ2v) is 9.27. The van der Waals surface area contributed by atoms with Crippen molar-refractivity contribution in [1.82, 2.24) is 4.90 Å². The molecule has 6 rings (SSSR count). The summed E-state index contributed by atoms with van der Waals surface area (Å²) in [5.74, 6) is -0.196. The van der Waals surface area contributed by atoms with E-state index in [9.17, 15) is 4.79 Å². The molecule has 1 fully saturated rings. The first-order chi connectivity index (χ1) is 15.6. The summed E-state index contributed by atoms with van der Waals surface area (Å²) in [5.41, 5.74) is 5.57. The predicted molar refractivity (Wildman–Crippen MR) is 127 cm³/mol. The van der Waals surface area contributed by atoms with E-state index < -0.39 is 0 Å². The molecule has 2 aliphatic heterocycles. The van der Waals surface area contributed by atoms with Crippen molar-refractivity contribution in [3.05, 3.63) is 89.1 Å². The van der Waals surface area contributed by atoms with Gasteiger partial charge in [-0.25, -0.2) is 4.79 Å². The van der Waals surface area contributed by atoms with Gasteiger partial charge in [-0.1, -0.05) is 60.7 Å². The highest BCUT2D eigenvalue weighted by Crippen LogP contribution is 2.58. The van der Waals surface area contributed by atoms with E-state index in [0.29, 0.717) is 12.1 Å². The molecule has 1 N–H and O–H groups in total. The Hall–Kier alpha value is -3.11. The Morgan fingerprint density at radius 1 is 1.09 bits per heavy atom. The van der Waals surface area contributed by atoms with Crippen LogP contribution in [-0.4, -0.2) is 30.6 Å². The lowest BCUT2D eigenvalue weighted by molar-refractivity contribution is -0.136. The van der Waals surface area contributed by atoms with Crippen molar-refractivity contribution in [2.24, 2.45) is 0 Å². The van der Waals surface area contributed by atoms with Crippen LogP contribution in [0.5, 0.6) is 0 Å². The van der Waals surface area contributed by atoms with Gasteiger partial charge in [0.05, 0.1) is 18.1 Å². The SMILES string of the molecule is COC(=O)C1=C2Nc3ccccc3[C@@]23CCN([C@@H](C)c2cccc4ccccc24)[C@H]3CC1. The number of ether oxygens (including phenoxy) is 1. The van der Waals surface area contributed by atoms with Gasteiger partial charge < -0.3 is 10.1 Å². The summed E-state index contributed by atoms with van der Waals surface area (Å²) in [7, 11) is 1.49. The number of nitrogens with one attached hydrogen (secondary N) is 1. The third kappa shape index (κ3) is 2.56. The number of anilines is 1. The molecule has 162 valence electrons. The minimum Gasteiger partial charge on any atom is -0.466 e. The molecule has 0 radical (unpaired) electrons. The molecule has 3 aromatic carbocycles. The van der Waals surface area contributed by atoms with Gasteiger partial charge in [0.1, 0.15) is 0 Å². The Morgan fingerprint density at radius 3 is 2.75 bits per heavy atom. The summed E-state index contributed by atoms with van der Waals surface area (Å²) >= 11 is 0. The lowest BCUT2D eigenvalue weighted by atomic mass is 9.67. The van der Waals surface area contributed by atoms with Crippen molar-refractivity contribution < 1.29 is 9.53 Å². The van der Waals surface area contributed by atoms with Crippen LogP contribution in [0.3, 0.4) is 0 Å². The topological polar surface area (TPSA) is 41.6 Å². The fraction of sp³-hybridized carbons (Fsp3) is 0.321. The summed E-state index contributed by atoms with van der Waals surface area (Å²) in [6.45, 7) is 3.34. The van der Waals surface area contributed by atoms with Crippen molar-refractivity contribution in [2.45, 2.75) is 43.7 Å². The van der Waals surface area contributed by atoms with Gasteiger partial charge >= 0.3 is 5.97 Å². The van der Waals surface area contributed by atoms with Crippen molar-refractivity contribution in [3.8, 4) is 0 Å². The summed E-state index contributed by atoms with van der Waals surface area (Å²) in [6, 6.07) is 24.5. The minimum absolute atomic E-state index is 0.169. The number of carbonyl (C=O) groups excluding carboxylic acids is 1. The summed E-state index contributed by atoms with van der Waals surface area (Å²) in [6.07, 6.45) is 2.71. The number of rotatable bonds is 3. The lowest BCUT2D eigenvalue weighted by Gasteiger charge is -2.42. The normalized spacial score (nSPS) is 25.1. The summed E-state index contributed by atoms with van der Waals surface area (Å²) in [4.78, 5) is 15.4. The van der Waals surface area contributed by atoms with Crippen molar-refractivity contribution in [2.75, 3.05) is 19.0 Å². The van der Waals surface area contributed by atoms with Gasteiger partial charge in [0, 0.05) is 30.0 Å². The molecule has 4 heteroatoms. The van der Waals surface area contributed by atoms with Crippen molar-refractivity contribution >= 4 is 22.4 Å². The van der Waals surface area contributed by atoms with Crippen LogP contribution < -0.4 is 5.32 Å². The van der Waals surface area contributed by atoms with E-state index in [-0.39, 0.29) is 11.4 Å². The molecular weight excluding hydrogens is 396 g/mol. The van der Waals surface area contributed by atoms with Crippen LogP contribution >= 0.6 is 0 Å². The molecule has 2 heterocycles. The third-order valence-electron chi connectivity index (χ3n) is 8.02. The third-order valence-corrected chi connectivity index (χ3v) is 8.02. The van der Waals surface area contributed by atoms with E-state index in [1.807, 2.05) is 0 Å². The smallest absolute Gasteiger partial charge is 0.335 e. The predicted octanol–water partition coefficient (Wildman–Crippen LogP) is 5.56. The van der Waals surface area contributed by atoms with E-state index in [2.05, 4.69) is 83.9 Å². The number of para-hydroxylation sites is 1. The number of benzene rings is 3. The first kappa shape index (κ1) is 19.6. The van der Waals surface area contributed by atoms with Crippen molar-refractivity contribution in [3.63, 3.8) is 0 Å². The summed E-state index contributed by atoms with van der Waals surface area (Å²) < 4.78 is 5.18. The van der Waals surface area contributed by atoms with Crippen LogP contribution in [0.2, 0.25) is 0 Å². The Morgan fingerprint density at radius 2 is 1.88 bits per heavy atom. The molecule has 0 unspecified atom stereocenters. The van der Waals surface area contributed by atoms with Gasteiger partial charge in [-0.05, 0) is 54.2 Å². The average Bonchev–Trinajstić information content (AvgIpc) is 3.40. The van der Waals surface area contributed by atoms with E-state index in [1.165, 1.54) is 29.0 Å². The highest BCUT2D eigenvalue weighted by Gasteiger charge is 2.58. The quantitative estimate of drug-likeness (QED) is 0.559. The second kappa shape index (κ2) is 7.21. The molecule has 4 nitrogen and oxygen atoms in total. The molecule has 3 aliphatic rings. The largest absolute Gasteiger partial charge is 0.466 e.